The number of carbonyl (C=O) groups excluding carboxylic acids is 1. The third kappa shape index (κ3) is 3.45. The minimum absolute atomic E-state index is 0.114. The van der Waals surface area contributed by atoms with Crippen LogP contribution in [0.4, 0.5) is 0 Å². The summed E-state index contributed by atoms with van der Waals surface area (Å²) >= 11 is 0. The van der Waals surface area contributed by atoms with Crippen LogP contribution in [0.1, 0.15) is 36.9 Å². The van der Waals surface area contributed by atoms with E-state index in [1.807, 2.05) is 12.1 Å². The van der Waals surface area contributed by atoms with Crippen molar-refractivity contribution in [3.05, 3.63) is 41.6 Å². The van der Waals surface area contributed by atoms with Crippen LogP contribution in [0.2, 0.25) is 0 Å². The zero-order valence-electron chi connectivity index (χ0n) is 13.0. The molecular formula is C18H23N3O. The van der Waals surface area contributed by atoms with Gasteiger partial charge in [0.2, 0.25) is 5.91 Å². The van der Waals surface area contributed by atoms with Crippen LogP contribution in [0.3, 0.4) is 0 Å². The van der Waals surface area contributed by atoms with Crippen LogP contribution in [0, 0.1) is 12.8 Å². The van der Waals surface area contributed by atoms with Crippen molar-refractivity contribution < 1.29 is 4.79 Å². The lowest BCUT2D eigenvalue weighted by atomic mass is 9.86. The molecule has 0 bridgehead atoms. The number of rotatable bonds is 3. The van der Waals surface area contributed by atoms with Crippen LogP contribution >= 0.6 is 0 Å². The van der Waals surface area contributed by atoms with Gasteiger partial charge >= 0.3 is 0 Å². The molecule has 4 heteroatoms. The molecular weight excluding hydrogens is 274 g/mol. The summed E-state index contributed by atoms with van der Waals surface area (Å²) in [5, 5.41) is 4.15. The third-order valence-electron chi connectivity index (χ3n) is 4.49. The van der Waals surface area contributed by atoms with Gasteiger partial charge in [0.05, 0.1) is 17.8 Å². The molecule has 22 heavy (non-hydrogen) atoms. The fourth-order valence-corrected chi connectivity index (χ4v) is 3.09. The Balaban J connectivity index is 1.61. The van der Waals surface area contributed by atoms with Gasteiger partial charge in [0.15, 0.2) is 0 Å². The van der Waals surface area contributed by atoms with Gasteiger partial charge in [0.25, 0.3) is 0 Å². The molecule has 116 valence electrons. The second-order valence-corrected chi connectivity index (χ2v) is 6.33. The van der Waals surface area contributed by atoms with Gasteiger partial charge in [-0.05, 0) is 50.8 Å². The number of nitrogens with one attached hydrogen (secondary N) is 1. The van der Waals surface area contributed by atoms with Crippen molar-refractivity contribution in [3.8, 4) is 0 Å². The topological polar surface area (TPSA) is 68.0 Å². The van der Waals surface area contributed by atoms with Crippen molar-refractivity contribution in [2.45, 2.75) is 45.2 Å². The SMILES string of the molecule is Cc1ccc2nc(CNC(=O)C3CCC(N)CC3)ccc2c1. The van der Waals surface area contributed by atoms with Crippen LogP contribution in [-0.4, -0.2) is 16.9 Å². The first kappa shape index (κ1) is 15.0. The number of aromatic nitrogens is 1. The molecule has 0 unspecified atom stereocenters. The van der Waals surface area contributed by atoms with E-state index in [4.69, 9.17) is 5.73 Å². The summed E-state index contributed by atoms with van der Waals surface area (Å²) in [7, 11) is 0. The Morgan fingerprint density at radius 1 is 1.23 bits per heavy atom. The fourth-order valence-electron chi connectivity index (χ4n) is 3.09. The Kier molecular flexibility index (Phi) is 4.39. The van der Waals surface area contributed by atoms with E-state index in [9.17, 15) is 4.79 Å². The largest absolute Gasteiger partial charge is 0.350 e. The molecule has 3 N–H and O–H groups in total. The number of nitrogens with two attached hydrogens (primary N) is 1. The molecule has 1 aliphatic rings. The van der Waals surface area contributed by atoms with E-state index in [0.29, 0.717) is 6.54 Å². The van der Waals surface area contributed by atoms with Crippen molar-refractivity contribution in [2.75, 3.05) is 0 Å². The van der Waals surface area contributed by atoms with Gasteiger partial charge in [-0.2, -0.15) is 0 Å². The monoisotopic (exact) mass is 297 g/mol. The smallest absolute Gasteiger partial charge is 0.223 e. The number of hydrogen-bond acceptors (Lipinski definition) is 3. The maximum absolute atomic E-state index is 12.2. The van der Waals surface area contributed by atoms with E-state index in [2.05, 4.69) is 35.4 Å². The third-order valence-corrected chi connectivity index (χ3v) is 4.49. The molecule has 0 saturated heterocycles. The molecule has 0 atom stereocenters. The van der Waals surface area contributed by atoms with Crippen LogP contribution in [-0.2, 0) is 11.3 Å². The predicted octanol–water partition coefficient (Wildman–Crippen LogP) is 2.68. The maximum Gasteiger partial charge on any atom is 0.223 e. The number of pyridine rings is 1. The predicted molar refractivity (Wildman–Crippen MR) is 88.3 cm³/mol. The molecule has 1 saturated carbocycles. The summed E-state index contributed by atoms with van der Waals surface area (Å²) in [4.78, 5) is 16.8. The fraction of sp³-hybridized carbons (Fsp3) is 0.444. The van der Waals surface area contributed by atoms with Crippen LogP contribution in [0.15, 0.2) is 30.3 Å². The highest BCUT2D eigenvalue weighted by molar-refractivity contribution is 5.80. The average Bonchev–Trinajstić information content (AvgIpc) is 2.53. The lowest BCUT2D eigenvalue weighted by Gasteiger charge is -2.25. The summed E-state index contributed by atoms with van der Waals surface area (Å²) in [5.41, 5.74) is 8.98. The Morgan fingerprint density at radius 2 is 2.00 bits per heavy atom. The molecule has 0 radical (unpaired) electrons. The summed E-state index contributed by atoms with van der Waals surface area (Å²) < 4.78 is 0. The molecule has 1 fully saturated rings. The van der Waals surface area contributed by atoms with E-state index in [1.165, 1.54) is 5.56 Å². The van der Waals surface area contributed by atoms with Crippen molar-refractivity contribution in [3.63, 3.8) is 0 Å². The normalized spacial score (nSPS) is 21.7. The zero-order chi connectivity index (χ0) is 15.5. The van der Waals surface area contributed by atoms with Crippen molar-refractivity contribution in [1.82, 2.24) is 10.3 Å². The van der Waals surface area contributed by atoms with Crippen molar-refractivity contribution in [2.24, 2.45) is 11.7 Å². The standard InChI is InChI=1S/C18H23N3O/c1-12-2-9-17-14(10-12)5-8-16(21-17)11-20-18(22)13-3-6-15(19)7-4-13/h2,5,8-10,13,15H,3-4,6-7,11,19H2,1H3,(H,20,22). The Bertz CT molecular complexity index is 675. The first-order chi connectivity index (χ1) is 10.6. The molecule has 1 amide bonds. The Hall–Kier alpha value is -1.94. The summed E-state index contributed by atoms with van der Waals surface area (Å²) in [6, 6.07) is 10.5. The molecule has 1 aromatic carbocycles. The molecule has 1 heterocycles. The minimum Gasteiger partial charge on any atom is -0.350 e. The number of amides is 1. The number of aryl methyl sites for hydroxylation is 1. The van der Waals surface area contributed by atoms with Gasteiger partial charge < -0.3 is 11.1 Å². The van der Waals surface area contributed by atoms with Gasteiger partial charge in [-0.3, -0.25) is 9.78 Å². The molecule has 0 aliphatic heterocycles. The molecule has 1 aromatic heterocycles. The summed E-state index contributed by atoms with van der Waals surface area (Å²) in [5.74, 6) is 0.251. The number of carbonyl (C=O) groups is 1. The number of nitrogens with zero attached hydrogens (tertiary/aromatic N) is 1. The Morgan fingerprint density at radius 3 is 2.77 bits per heavy atom. The van der Waals surface area contributed by atoms with Gasteiger partial charge in [-0.15, -0.1) is 0 Å². The minimum atomic E-state index is 0.114. The van der Waals surface area contributed by atoms with Crippen LogP contribution < -0.4 is 11.1 Å². The highest BCUT2D eigenvalue weighted by Crippen LogP contribution is 2.23. The second kappa shape index (κ2) is 6.44. The van der Waals surface area contributed by atoms with Gasteiger partial charge in [0.1, 0.15) is 0 Å². The maximum atomic E-state index is 12.2. The van der Waals surface area contributed by atoms with E-state index in [-0.39, 0.29) is 17.9 Å². The van der Waals surface area contributed by atoms with Crippen molar-refractivity contribution >= 4 is 16.8 Å². The van der Waals surface area contributed by atoms with Gasteiger partial charge in [-0.1, -0.05) is 17.7 Å². The summed E-state index contributed by atoms with van der Waals surface area (Å²) in [6.45, 7) is 2.56. The van der Waals surface area contributed by atoms with Gasteiger partial charge in [0, 0.05) is 17.3 Å². The zero-order valence-corrected chi connectivity index (χ0v) is 13.0. The molecule has 2 aromatic rings. The van der Waals surface area contributed by atoms with Crippen LogP contribution in [0.25, 0.3) is 10.9 Å². The quantitative estimate of drug-likeness (QED) is 0.915. The molecule has 1 aliphatic carbocycles. The number of hydrogen-bond donors (Lipinski definition) is 2. The first-order valence-electron chi connectivity index (χ1n) is 8.01. The van der Waals surface area contributed by atoms with E-state index >= 15 is 0 Å². The Labute approximate surface area is 131 Å². The second-order valence-electron chi connectivity index (χ2n) is 6.33. The average molecular weight is 297 g/mol. The van der Waals surface area contributed by atoms with Gasteiger partial charge in [-0.25, -0.2) is 0 Å². The summed E-state index contributed by atoms with van der Waals surface area (Å²) in [6.07, 6.45) is 3.70. The number of benzene rings is 1. The molecule has 3 rings (SSSR count). The first-order valence-corrected chi connectivity index (χ1v) is 8.01. The van der Waals surface area contributed by atoms with Crippen molar-refractivity contribution in [1.29, 1.82) is 0 Å². The number of fused-ring (bicyclic) bond motifs is 1. The lowest BCUT2D eigenvalue weighted by Crippen LogP contribution is -2.36. The molecule has 4 nitrogen and oxygen atoms in total. The van der Waals surface area contributed by atoms with E-state index in [1.54, 1.807) is 0 Å². The highest BCUT2D eigenvalue weighted by Gasteiger charge is 2.24. The lowest BCUT2D eigenvalue weighted by molar-refractivity contribution is -0.126. The van der Waals surface area contributed by atoms with E-state index in [0.717, 1.165) is 42.3 Å². The molecule has 0 spiro atoms. The van der Waals surface area contributed by atoms with Crippen LogP contribution in [0.5, 0.6) is 0 Å². The highest BCUT2D eigenvalue weighted by atomic mass is 16.1. The van der Waals surface area contributed by atoms with E-state index < -0.39 is 0 Å².